The second-order valence-electron chi connectivity index (χ2n) is 17.3. The van der Waals surface area contributed by atoms with Crippen molar-refractivity contribution in [2.45, 2.75) is 174 Å². The normalized spacial score (nSPS) is 43.7. The van der Waals surface area contributed by atoms with Crippen molar-refractivity contribution in [3.05, 3.63) is 0 Å². The number of aliphatic hydroxyl groups excluding tert-OH is 12. The first-order valence-corrected chi connectivity index (χ1v) is 24.6. The molecule has 0 unspecified atom stereocenters. The number of aliphatic hydroxyl groups is 12. The summed E-state index contributed by atoms with van der Waals surface area (Å²) in [5, 5.41) is 137. The molecule has 424 valence electrons. The van der Waals surface area contributed by atoms with Crippen molar-refractivity contribution < 1.29 is 153 Å². The molecule has 5 fully saturated rings. The highest BCUT2D eigenvalue weighted by molar-refractivity contribution is 7.81. The second-order valence-corrected chi connectivity index (χ2v) is 19.4. The number of rotatable bonds is 20. The smallest absolute Gasteiger partial charge is 0.394 e. The molecule has 17 N–H and O–H groups in total. The molecule has 35 nitrogen and oxygen atoms in total. The molecule has 0 saturated carbocycles. The molecule has 5 heterocycles. The first-order chi connectivity index (χ1) is 34.0. The van der Waals surface area contributed by atoms with Gasteiger partial charge in [-0.3, -0.25) is 23.5 Å². The van der Waals surface area contributed by atoms with Crippen LogP contribution in [0.5, 0.6) is 0 Å². The van der Waals surface area contributed by atoms with E-state index in [2.05, 4.69) is 24.3 Å². The summed E-state index contributed by atoms with van der Waals surface area (Å²) in [4.78, 5) is 37.3. The van der Waals surface area contributed by atoms with Crippen LogP contribution in [-0.2, 0) is 86.2 Å². The van der Waals surface area contributed by atoms with Gasteiger partial charge in [0.25, 0.3) is 0 Å². The fourth-order valence-corrected chi connectivity index (χ4v) is 9.03. The molecule has 25 atom stereocenters. The monoisotopic (exact) mass is 1110 g/mol. The summed E-state index contributed by atoms with van der Waals surface area (Å²) in [5.41, 5.74) is 0. The Balaban J connectivity index is 1.35. The molecule has 0 aromatic rings. The van der Waals surface area contributed by atoms with Gasteiger partial charge in [0.2, 0.25) is 17.7 Å². The second kappa shape index (κ2) is 25.6. The zero-order chi connectivity index (χ0) is 54.6. The third kappa shape index (κ3) is 15.5. The van der Waals surface area contributed by atoms with Crippen molar-refractivity contribution in [2.75, 3.05) is 33.0 Å². The number of amides is 3. The van der Waals surface area contributed by atoms with Crippen molar-refractivity contribution in [1.82, 2.24) is 16.0 Å². The number of carbonyl (C=O) groups is 3. The van der Waals surface area contributed by atoms with E-state index in [1.807, 2.05) is 0 Å². The lowest BCUT2D eigenvalue weighted by atomic mass is 9.93. The van der Waals surface area contributed by atoms with Crippen LogP contribution in [0.4, 0.5) is 0 Å². The molecule has 0 bridgehead atoms. The summed E-state index contributed by atoms with van der Waals surface area (Å²) in [6, 6.07) is -5.22. The molecule has 0 aromatic carbocycles. The van der Waals surface area contributed by atoms with Crippen LogP contribution >= 0.6 is 0 Å². The van der Waals surface area contributed by atoms with Crippen LogP contribution in [0.25, 0.3) is 0 Å². The third-order valence-corrected chi connectivity index (χ3v) is 12.8. The summed E-state index contributed by atoms with van der Waals surface area (Å²) in [6.45, 7) is -2.25. The van der Waals surface area contributed by atoms with E-state index in [0.717, 1.165) is 20.8 Å². The highest BCUT2D eigenvalue weighted by Gasteiger charge is 2.56. The summed E-state index contributed by atoms with van der Waals surface area (Å²) >= 11 is 0. The van der Waals surface area contributed by atoms with Crippen LogP contribution in [0.1, 0.15) is 20.8 Å². The predicted molar refractivity (Wildman–Crippen MR) is 222 cm³/mol. The molecule has 0 radical (unpaired) electrons. The van der Waals surface area contributed by atoms with Gasteiger partial charge in [-0.05, 0) is 0 Å². The van der Waals surface area contributed by atoms with E-state index in [1.54, 1.807) is 0 Å². The summed E-state index contributed by atoms with van der Waals surface area (Å²) in [6.07, 6.45) is -43.2. The molecule has 0 aliphatic carbocycles. The largest absolute Gasteiger partial charge is 0.397 e. The van der Waals surface area contributed by atoms with Crippen LogP contribution in [0, 0.1) is 0 Å². The van der Waals surface area contributed by atoms with Gasteiger partial charge in [0, 0.05) is 20.8 Å². The van der Waals surface area contributed by atoms with Gasteiger partial charge in [-0.15, -0.1) is 0 Å². The SMILES string of the molecule is CC(=O)N[C@@H]1[C@@H](O[C@@H]2O[C@H](CO)[C@@H](O[C@@H]3O[C@H](COS(=O)(=O)O)[C@H](O)[C@H](O)[C@H]3O)[C@H](O)[C@H]2NC(C)=O)[C@@H](O)[C@@H](CO[C@@H]2O[C@H](CO)[C@@H](O[C@@H]3O[C@H](COS(=O)(=O)O)[C@H](O)[C@H](O)[C@H]3O)[C@H](O)[C@H]2NC(C)=O)O[C@@H]1O. The van der Waals surface area contributed by atoms with Gasteiger partial charge in [0.1, 0.15) is 122 Å². The Morgan fingerprint density at radius 1 is 0.425 bits per heavy atom. The minimum absolute atomic E-state index is 0.833. The van der Waals surface area contributed by atoms with E-state index in [1.165, 1.54) is 0 Å². The Hall–Kier alpha value is -2.69. The Bertz CT molecular complexity index is 2070. The fourth-order valence-electron chi connectivity index (χ4n) is 8.42. The Labute approximate surface area is 413 Å². The minimum atomic E-state index is -5.12. The molecular formula is C36H61N3O32S2. The van der Waals surface area contributed by atoms with Gasteiger partial charge in [-0.1, -0.05) is 0 Å². The van der Waals surface area contributed by atoms with Crippen LogP contribution in [0.15, 0.2) is 0 Å². The van der Waals surface area contributed by atoms with Gasteiger partial charge in [0.15, 0.2) is 31.5 Å². The van der Waals surface area contributed by atoms with E-state index >= 15 is 0 Å². The van der Waals surface area contributed by atoms with Crippen LogP contribution in [0.3, 0.4) is 0 Å². The van der Waals surface area contributed by atoms with E-state index in [9.17, 15) is 92.5 Å². The molecule has 5 aliphatic heterocycles. The Morgan fingerprint density at radius 2 is 0.781 bits per heavy atom. The van der Waals surface area contributed by atoms with Crippen molar-refractivity contribution in [2.24, 2.45) is 0 Å². The van der Waals surface area contributed by atoms with Gasteiger partial charge in [-0.25, -0.2) is 8.37 Å². The highest BCUT2D eigenvalue weighted by atomic mass is 32.3. The van der Waals surface area contributed by atoms with Crippen molar-refractivity contribution in [3.63, 3.8) is 0 Å². The molecule has 0 aromatic heterocycles. The van der Waals surface area contributed by atoms with Crippen molar-refractivity contribution >= 4 is 38.5 Å². The average molecular weight is 1110 g/mol. The zero-order valence-electron chi connectivity index (χ0n) is 38.4. The molecule has 73 heavy (non-hydrogen) atoms. The quantitative estimate of drug-likeness (QED) is 0.0503. The zero-order valence-corrected chi connectivity index (χ0v) is 40.0. The van der Waals surface area contributed by atoms with Crippen molar-refractivity contribution in [1.29, 1.82) is 0 Å². The topological polar surface area (TPSA) is 540 Å². The standard InChI is InChI=1S/C36H61N3O32S2/c1-9(42)37-17-23(48)29(69-35-27(52)25(50)20(45)15(67-35)7-62-72(55,56)57)12(4-40)65-33(17)61-6-14-22(47)31(19(32(54)64-14)39-11(3)44)71-34-18(38-10(2)43)24(49)30(13(5-41)66-34)70-36-28(53)26(51)21(46)16(68-36)8-63-73(58,59)60/h12-36,40-41,45-54H,4-8H2,1-3H3,(H,37,42)(H,38,43)(H,39,44)(H,55,56,57)(H,58,59,60)/t12-,13-,14-,15-,16-,17-,18-,19-,20+,21+,22+,23-,24-,25+,26+,27-,28-,29-,30-,31-,32+,33-,34+,35+,36+/m1/s1. The number of hydrogen-bond acceptors (Lipinski definition) is 30. The van der Waals surface area contributed by atoms with Crippen molar-refractivity contribution in [3.8, 4) is 0 Å². The molecule has 5 aliphatic rings. The van der Waals surface area contributed by atoms with E-state index in [0.29, 0.717) is 0 Å². The van der Waals surface area contributed by atoms with Crippen LogP contribution in [0.2, 0.25) is 0 Å². The van der Waals surface area contributed by atoms with E-state index in [-0.39, 0.29) is 0 Å². The fraction of sp³-hybridized carbons (Fsp3) is 0.917. The first-order valence-electron chi connectivity index (χ1n) is 21.9. The number of ether oxygens (including phenoxy) is 9. The number of nitrogens with one attached hydrogen (secondary N) is 3. The molecule has 5 rings (SSSR count). The Kier molecular flexibility index (Phi) is 21.5. The lowest BCUT2D eigenvalue weighted by Crippen LogP contribution is -2.70. The minimum Gasteiger partial charge on any atom is -0.394 e. The summed E-state index contributed by atoms with van der Waals surface area (Å²) in [5.74, 6) is -2.54. The molecule has 3 amide bonds. The van der Waals surface area contributed by atoms with E-state index < -0.39 is 225 Å². The summed E-state index contributed by atoms with van der Waals surface area (Å²) < 4.78 is 122. The molecule has 37 heteroatoms. The number of hydrogen-bond donors (Lipinski definition) is 17. The molecule has 0 spiro atoms. The van der Waals surface area contributed by atoms with Gasteiger partial charge in [0.05, 0.1) is 33.0 Å². The number of carbonyl (C=O) groups excluding carboxylic acids is 3. The maximum atomic E-state index is 12.5. The van der Waals surface area contributed by atoms with E-state index in [4.69, 9.17) is 51.7 Å². The molecular weight excluding hydrogens is 1050 g/mol. The van der Waals surface area contributed by atoms with Crippen LogP contribution < -0.4 is 16.0 Å². The van der Waals surface area contributed by atoms with Gasteiger partial charge >= 0.3 is 20.8 Å². The van der Waals surface area contributed by atoms with Gasteiger partial charge in [-0.2, -0.15) is 16.8 Å². The summed E-state index contributed by atoms with van der Waals surface area (Å²) in [7, 11) is -10.2. The maximum Gasteiger partial charge on any atom is 0.397 e. The third-order valence-electron chi connectivity index (χ3n) is 11.9. The first kappa shape index (κ1) is 61.2. The van der Waals surface area contributed by atoms with Crippen LogP contribution in [-0.4, -0.2) is 291 Å². The lowest BCUT2D eigenvalue weighted by Gasteiger charge is -2.50. The highest BCUT2D eigenvalue weighted by Crippen LogP contribution is 2.35. The maximum absolute atomic E-state index is 12.5. The average Bonchev–Trinajstić information content (AvgIpc) is 3.29. The van der Waals surface area contributed by atoms with Gasteiger partial charge < -0.3 is 120 Å². The Morgan fingerprint density at radius 3 is 1.18 bits per heavy atom. The predicted octanol–water partition coefficient (Wildman–Crippen LogP) is -11.8. The lowest BCUT2D eigenvalue weighted by molar-refractivity contribution is -0.362. The molecule has 5 saturated heterocycles.